The van der Waals surface area contributed by atoms with Crippen LogP contribution in [0.4, 0.5) is 0 Å². The molecule has 122 valence electrons. The van der Waals surface area contributed by atoms with Gasteiger partial charge >= 0.3 is 0 Å². The van der Waals surface area contributed by atoms with Crippen molar-refractivity contribution in [2.75, 3.05) is 0 Å². The molecular weight excluding hydrogens is 314 g/mol. The molecule has 0 fully saturated rings. The summed E-state index contributed by atoms with van der Waals surface area (Å²) in [6.45, 7) is 0.416. The van der Waals surface area contributed by atoms with Crippen LogP contribution < -0.4 is 5.32 Å². The van der Waals surface area contributed by atoms with Crippen molar-refractivity contribution >= 4 is 16.7 Å². The van der Waals surface area contributed by atoms with Crippen LogP contribution in [0, 0.1) is 0 Å². The van der Waals surface area contributed by atoms with Crippen LogP contribution in [0.2, 0.25) is 0 Å². The van der Waals surface area contributed by atoms with Gasteiger partial charge in [-0.1, -0.05) is 41.6 Å². The Balaban J connectivity index is 1.51. The van der Waals surface area contributed by atoms with Gasteiger partial charge < -0.3 is 9.84 Å². The Hall–Kier alpha value is -3.47. The largest absolute Gasteiger partial charge is 0.355 e. The molecule has 2 aromatic heterocycles. The molecule has 0 unspecified atom stereocenters. The first-order valence-electron chi connectivity index (χ1n) is 7.92. The second-order valence-corrected chi connectivity index (χ2v) is 5.68. The molecule has 0 saturated heterocycles. The van der Waals surface area contributed by atoms with Crippen molar-refractivity contribution in [3.63, 3.8) is 0 Å². The lowest BCUT2D eigenvalue weighted by atomic mass is 10.1. The van der Waals surface area contributed by atoms with Gasteiger partial charge in [0.25, 0.3) is 5.91 Å². The van der Waals surface area contributed by atoms with Gasteiger partial charge in [0, 0.05) is 30.6 Å². The maximum Gasteiger partial charge on any atom is 0.273 e. The van der Waals surface area contributed by atoms with Crippen LogP contribution in [0.15, 0.2) is 77.6 Å². The summed E-state index contributed by atoms with van der Waals surface area (Å²) in [5, 5.41) is 8.97. The lowest BCUT2D eigenvalue weighted by molar-refractivity contribution is 0.0942. The van der Waals surface area contributed by atoms with Crippen molar-refractivity contribution in [1.29, 1.82) is 0 Å². The third-order valence-electron chi connectivity index (χ3n) is 3.98. The number of fused-ring (bicyclic) bond motifs is 1. The Morgan fingerprint density at radius 1 is 0.960 bits per heavy atom. The minimum absolute atomic E-state index is 0.261. The minimum atomic E-state index is -0.271. The maximum atomic E-state index is 12.2. The molecule has 0 saturated carbocycles. The zero-order valence-corrected chi connectivity index (χ0v) is 13.3. The Morgan fingerprint density at radius 2 is 1.76 bits per heavy atom. The van der Waals surface area contributed by atoms with Gasteiger partial charge in [-0.3, -0.25) is 9.78 Å². The minimum Gasteiger partial charge on any atom is -0.355 e. The summed E-state index contributed by atoms with van der Waals surface area (Å²) < 4.78 is 5.35. The molecule has 25 heavy (non-hydrogen) atoms. The number of benzene rings is 2. The molecule has 0 atom stereocenters. The van der Waals surface area contributed by atoms with Gasteiger partial charge in [0.15, 0.2) is 11.5 Å². The molecule has 0 bridgehead atoms. The van der Waals surface area contributed by atoms with E-state index in [1.165, 1.54) is 0 Å². The highest BCUT2D eigenvalue weighted by Crippen LogP contribution is 2.25. The van der Waals surface area contributed by atoms with Gasteiger partial charge in [-0.2, -0.15) is 0 Å². The van der Waals surface area contributed by atoms with E-state index in [1.807, 2.05) is 48.5 Å². The topological polar surface area (TPSA) is 68.0 Å². The van der Waals surface area contributed by atoms with Crippen LogP contribution in [-0.4, -0.2) is 16.0 Å². The van der Waals surface area contributed by atoms with E-state index in [1.54, 1.807) is 18.5 Å². The predicted octanol–water partition coefficient (Wildman–Crippen LogP) is 3.82. The van der Waals surface area contributed by atoms with Gasteiger partial charge in [0.05, 0.1) is 0 Å². The van der Waals surface area contributed by atoms with E-state index in [9.17, 15) is 4.79 Å². The molecule has 0 radical (unpaired) electrons. The van der Waals surface area contributed by atoms with Gasteiger partial charge in [-0.15, -0.1) is 0 Å². The lowest BCUT2D eigenvalue weighted by Gasteiger charge is -2.02. The molecule has 0 spiro atoms. The first kappa shape index (κ1) is 15.1. The molecule has 1 amide bonds. The summed E-state index contributed by atoms with van der Waals surface area (Å²) in [6.07, 6.45) is 3.38. The molecule has 0 aliphatic carbocycles. The molecule has 4 rings (SSSR count). The fourth-order valence-corrected chi connectivity index (χ4v) is 2.63. The molecule has 4 aromatic rings. The van der Waals surface area contributed by atoms with Crippen LogP contribution in [0.3, 0.4) is 0 Å². The zero-order chi connectivity index (χ0) is 17.1. The highest BCUT2D eigenvalue weighted by molar-refractivity contribution is 5.93. The number of hydrogen-bond donors (Lipinski definition) is 1. The number of carbonyl (C=O) groups excluding carboxylic acids is 1. The van der Waals surface area contributed by atoms with Crippen molar-refractivity contribution in [3.8, 4) is 11.3 Å². The number of carbonyl (C=O) groups is 1. The van der Waals surface area contributed by atoms with E-state index < -0.39 is 0 Å². The number of aromatic nitrogens is 2. The van der Waals surface area contributed by atoms with E-state index in [2.05, 4.69) is 21.5 Å². The SMILES string of the molecule is O=C(NCc1ccncc1)c1cc(-c2ccc3ccccc3c2)on1. The quantitative estimate of drug-likeness (QED) is 0.618. The van der Waals surface area contributed by atoms with Crippen LogP contribution in [-0.2, 0) is 6.54 Å². The van der Waals surface area contributed by atoms with Crippen molar-refractivity contribution in [3.05, 3.63) is 84.3 Å². The molecule has 0 aliphatic rings. The monoisotopic (exact) mass is 329 g/mol. The van der Waals surface area contributed by atoms with Crippen LogP contribution in [0.5, 0.6) is 0 Å². The highest BCUT2D eigenvalue weighted by atomic mass is 16.5. The second kappa shape index (κ2) is 6.57. The second-order valence-electron chi connectivity index (χ2n) is 5.68. The van der Waals surface area contributed by atoms with Crippen molar-refractivity contribution in [2.45, 2.75) is 6.54 Å². The molecular formula is C20H15N3O2. The van der Waals surface area contributed by atoms with Gasteiger partial charge in [-0.05, 0) is 34.5 Å². The van der Waals surface area contributed by atoms with E-state index in [4.69, 9.17) is 4.52 Å². The van der Waals surface area contributed by atoms with Crippen molar-refractivity contribution in [1.82, 2.24) is 15.5 Å². The van der Waals surface area contributed by atoms with Gasteiger partial charge in [0.2, 0.25) is 0 Å². The number of pyridine rings is 1. The third kappa shape index (κ3) is 3.26. The van der Waals surface area contributed by atoms with E-state index >= 15 is 0 Å². The number of hydrogen-bond acceptors (Lipinski definition) is 4. The maximum absolute atomic E-state index is 12.2. The summed E-state index contributed by atoms with van der Waals surface area (Å²) in [7, 11) is 0. The first-order valence-corrected chi connectivity index (χ1v) is 7.92. The van der Waals surface area contributed by atoms with Crippen LogP contribution in [0.1, 0.15) is 16.1 Å². The average molecular weight is 329 g/mol. The van der Waals surface area contributed by atoms with E-state index in [0.29, 0.717) is 12.3 Å². The number of nitrogens with zero attached hydrogens (tertiary/aromatic N) is 2. The summed E-state index contributed by atoms with van der Waals surface area (Å²) in [5.74, 6) is 0.299. The molecule has 5 heteroatoms. The van der Waals surface area contributed by atoms with Gasteiger partial charge in [-0.25, -0.2) is 0 Å². The van der Waals surface area contributed by atoms with Crippen LogP contribution in [0.25, 0.3) is 22.1 Å². The summed E-state index contributed by atoms with van der Waals surface area (Å²) in [5.41, 5.74) is 2.12. The van der Waals surface area contributed by atoms with E-state index in [-0.39, 0.29) is 11.6 Å². The standard InChI is InChI=1S/C20H15N3O2/c24-20(22-13-14-7-9-21-10-8-14)18-12-19(25-23-18)17-6-5-15-3-1-2-4-16(15)11-17/h1-12H,13H2,(H,22,24). The Labute approximate surface area is 144 Å². The normalized spacial score (nSPS) is 10.7. The number of amides is 1. The number of rotatable bonds is 4. The fourth-order valence-electron chi connectivity index (χ4n) is 2.63. The number of nitrogens with one attached hydrogen (secondary N) is 1. The summed E-state index contributed by atoms with van der Waals surface area (Å²) in [4.78, 5) is 16.2. The molecule has 2 aromatic carbocycles. The van der Waals surface area contributed by atoms with Crippen molar-refractivity contribution in [2.24, 2.45) is 0 Å². The molecule has 5 nitrogen and oxygen atoms in total. The highest BCUT2D eigenvalue weighted by Gasteiger charge is 2.13. The zero-order valence-electron chi connectivity index (χ0n) is 13.3. The third-order valence-corrected chi connectivity index (χ3v) is 3.98. The molecule has 0 aliphatic heterocycles. The smallest absolute Gasteiger partial charge is 0.273 e. The Morgan fingerprint density at radius 3 is 2.60 bits per heavy atom. The molecule has 1 N–H and O–H groups in total. The average Bonchev–Trinajstić information content (AvgIpc) is 3.17. The Bertz CT molecular complexity index is 1030. The van der Waals surface area contributed by atoms with E-state index in [0.717, 1.165) is 21.9 Å². The summed E-state index contributed by atoms with van der Waals surface area (Å²) in [6, 6.07) is 19.5. The Kier molecular flexibility index (Phi) is 3.96. The lowest BCUT2D eigenvalue weighted by Crippen LogP contribution is -2.22. The molecule has 2 heterocycles. The first-order chi connectivity index (χ1) is 12.3. The van der Waals surface area contributed by atoms with Gasteiger partial charge in [0.1, 0.15) is 0 Å². The fraction of sp³-hybridized carbons (Fsp3) is 0.0500. The van der Waals surface area contributed by atoms with Crippen LogP contribution >= 0.6 is 0 Å². The van der Waals surface area contributed by atoms with Crippen molar-refractivity contribution < 1.29 is 9.32 Å². The predicted molar refractivity (Wildman–Crippen MR) is 94.9 cm³/mol. The summed E-state index contributed by atoms with van der Waals surface area (Å²) >= 11 is 0.